The summed E-state index contributed by atoms with van der Waals surface area (Å²) in [6.45, 7) is 5.81. The number of benzene rings is 2. The zero-order valence-electron chi connectivity index (χ0n) is 22.4. The highest BCUT2D eigenvalue weighted by Gasteiger charge is 2.36. The summed E-state index contributed by atoms with van der Waals surface area (Å²) in [7, 11) is 1.46. The lowest BCUT2D eigenvalue weighted by molar-refractivity contribution is -0.127. The molecular formula is C28H32ClN5O5. The van der Waals surface area contributed by atoms with Crippen molar-refractivity contribution in [2.45, 2.75) is 59.2 Å². The second kappa shape index (κ2) is 14.6. The van der Waals surface area contributed by atoms with Crippen molar-refractivity contribution in [3.05, 3.63) is 63.7 Å². The number of nitrogens with zero attached hydrogens (tertiary/aromatic N) is 3. The number of urea groups is 1. The van der Waals surface area contributed by atoms with Crippen LogP contribution in [-0.4, -0.2) is 52.9 Å². The third kappa shape index (κ3) is 7.65. The number of aldehydes is 1. The number of nitrogens with one attached hydrogen (secondary N) is 2. The fourth-order valence-electron chi connectivity index (χ4n) is 4.05. The minimum Gasteiger partial charge on any atom is -0.357 e. The van der Waals surface area contributed by atoms with Gasteiger partial charge in [0.1, 0.15) is 18.7 Å². The van der Waals surface area contributed by atoms with Crippen LogP contribution in [0.1, 0.15) is 60.2 Å². The lowest BCUT2D eigenvalue weighted by atomic mass is 10.1. The molecule has 2 aromatic carbocycles. The van der Waals surface area contributed by atoms with E-state index in [0.29, 0.717) is 33.7 Å². The van der Waals surface area contributed by atoms with Crippen molar-refractivity contribution in [3.63, 3.8) is 0 Å². The maximum atomic E-state index is 13.0. The number of likely N-dealkylation sites (N-methyl/N-ethyl adjacent to an activating group) is 1. The third-order valence-electron chi connectivity index (χ3n) is 6.03. The smallest absolute Gasteiger partial charge is 0.328 e. The molecular weight excluding hydrogens is 522 g/mol. The average molecular weight is 554 g/mol. The number of carbonyl (C=O) groups is 5. The third-order valence-corrected chi connectivity index (χ3v) is 6.43. The van der Waals surface area contributed by atoms with Gasteiger partial charge in [0, 0.05) is 36.3 Å². The number of halogens is 1. The van der Waals surface area contributed by atoms with Crippen molar-refractivity contribution < 1.29 is 24.0 Å². The topological polar surface area (TPSA) is 140 Å². The van der Waals surface area contributed by atoms with Gasteiger partial charge in [-0.2, -0.15) is 5.26 Å². The van der Waals surface area contributed by atoms with Gasteiger partial charge in [-0.05, 0) is 48.2 Å². The van der Waals surface area contributed by atoms with Gasteiger partial charge < -0.3 is 20.3 Å². The molecule has 0 fully saturated rings. The van der Waals surface area contributed by atoms with E-state index in [4.69, 9.17) is 16.9 Å². The van der Waals surface area contributed by atoms with E-state index in [1.165, 1.54) is 11.9 Å². The number of nitriles is 1. The van der Waals surface area contributed by atoms with Gasteiger partial charge in [-0.1, -0.05) is 43.6 Å². The summed E-state index contributed by atoms with van der Waals surface area (Å²) in [6.07, 6.45) is 0.518. The van der Waals surface area contributed by atoms with E-state index in [1.807, 2.05) is 20.8 Å². The van der Waals surface area contributed by atoms with Gasteiger partial charge in [-0.25, -0.2) is 4.79 Å². The molecule has 1 unspecified atom stereocenters. The van der Waals surface area contributed by atoms with Crippen LogP contribution in [0.25, 0.3) is 0 Å². The molecule has 3 rings (SSSR count). The highest BCUT2D eigenvalue weighted by atomic mass is 35.5. The molecule has 0 saturated carbocycles. The van der Waals surface area contributed by atoms with Crippen LogP contribution in [0.4, 0.5) is 10.5 Å². The fraction of sp³-hybridized carbons (Fsp3) is 0.357. The summed E-state index contributed by atoms with van der Waals surface area (Å²) in [5.74, 6) is -1.40. The minimum atomic E-state index is -0.806. The van der Waals surface area contributed by atoms with E-state index in [9.17, 15) is 24.0 Å². The Morgan fingerprint density at radius 2 is 1.92 bits per heavy atom. The van der Waals surface area contributed by atoms with Crippen LogP contribution in [0.3, 0.4) is 0 Å². The van der Waals surface area contributed by atoms with Crippen LogP contribution in [0.5, 0.6) is 0 Å². The lowest BCUT2D eigenvalue weighted by Gasteiger charge is -2.25. The number of amides is 5. The average Bonchev–Trinajstić information content (AvgIpc) is 3.25. The molecule has 1 heterocycles. The quantitative estimate of drug-likeness (QED) is 0.446. The normalized spacial score (nSPS) is 12.3. The minimum absolute atomic E-state index is 0.126. The second-order valence-electron chi connectivity index (χ2n) is 8.51. The zero-order chi connectivity index (χ0) is 29.1. The van der Waals surface area contributed by atoms with Crippen molar-refractivity contribution >= 4 is 47.3 Å². The Morgan fingerprint density at radius 3 is 2.54 bits per heavy atom. The Hall–Kier alpha value is -4.23. The molecule has 5 amide bonds. The van der Waals surface area contributed by atoms with Crippen LogP contribution in [-0.2, 0) is 27.5 Å². The van der Waals surface area contributed by atoms with Crippen LogP contribution in [0.15, 0.2) is 36.4 Å². The van der Waals surface area contributed by atoms with Crippen molar-refractivity contribution in [2.24, 2.45) is 0 Å². The zero-order valence-corrected chi connectivity index (χ0v) is 23.2. The molecule has 0 aliphatic carbocycles. The number of hydrogen-bond acceptors (Lipinski definition) is 6. The summed E-state index contributed by atoms with van der Waals surface area (Å²) < 4.78 is 0. The highest BCUT2D eigenvalue weighted by Crippen LogP contribution is 2.28. The Morgan fingerprint density at radius 1 is 1.21 bits per heavy atom. The molecule has 0 aromatic heterocycles. The van der Waals surface area contributed by atoms with E-state index in [0.717, 1.165) is 10.5 Å². The van der Waals surface area contributed by atoms with Gasteiger partial charge in [-0.3, -0.25) is 19.3 Å². The first-order valence-corrected chi connectivity index (χ1v) is 12.9. The molecule has 1 aliphatic rings. The summed E-state index contributed by atoms with van der Waals surface area (Å²) in [5, 5.41) is 14.6. The molecule has 1 atom stereocenters. The maximum absolute atomic E-state index is 13.0. The first-order chi connectivity index (χ1) is 18.7. The molecule has 39 heavy (non-hydrogen) atoms. The number of imide groups is 1. The van der Waals surface area contributed by atoms with Gasteiger partial charge >= 0.3 is 6.03 Å². The molecule has 0 bridgehead atoms. The Bertz CT molecular complexity index is 1290. The SMILES string of the molecule is CC.CNC(=O)C(CCC=O)N1Cc2cc(CN(C(=O)CC#N)C(=O)Nc3ccc(C)c(Cl)c3)ccc2C1=O. The number of aryl methyl sites for hydroxylation is 1. The van der Waals surface area contributed by atoms with E-state index in [1.54, 1.807) is 42.5 Å². The molecule has 10 nitrogen and oxygen atoms in total. The van der Waals surface area contributed by atoms with Crippen molar-refractivity contribution in [1.82, 2.24) is 15.1 Å². The lowest BCUT2D eigenvalue weighted by Crippen LogP contribution is -2.46. The summed E-state index contributed by atoms with van der Waals surface area (Å²) >= 11 is 6.13. The fourth-order valence-corrected chi connectivity index (χ4v) is 4.23. The highest BCUT2D eigenvalue weighted by molar-refractivity contribution is 6.31. The van der Waals surface area contributed by atoms with E-state index in [-0.39, 0.29) is 37.7 Å². The molecule has 2 aromatic rings. The monoisotopic (exact) mass is 553 g/mol. The van der Waals surface area contributed by atoms with Gasteiger partial charge in [0.15, 0.2) is 0 Å². The standard InChI is InChI=1S/C26H26ClN5O5.C2H6/c1-16-5-7-19(13-21(16)27)30-26(37)32(23(34)9-10-28)14-17-6-8-20-18(12-17)15-31(25(20)36)22(4-3-11-33)24(35)29-2;1-2/h5-8,11-13,22H,3-4,9,14-15H2,1-2H3,(H,29,35)(H,30,37);1-2H3. The predicted molar refractivity (Wildman–Crippen MR) is 147 cm³/mol. The first-order valence-electron chi connectivity index (χ1n) is 12.5. The molecule has 206 valence electrons. The molecule has 0 spiro atoms. The number of anilines is 1. The number of rotatable bonds is 9. The Labute approximate surface area is 232 Å². The number of fused-ring (bicyclic) bond motifs is 1. The van der Waals surface area contributed by atoms with Crippen LogP contribution in [0.2, 0.25) is 5.02 Å². The van der Waals surface area contributed by atoms with E-state index < -0.39 is 24.4 Å². The van der Waals surface area contributed by atoms with Crippen molar-refractivity contribution in [2.75, 3.05) is 12.4 Å². The Balaban J connectivity index is 0.00000260. The largest absolute Gasteiger partial charge is 0.357 e. The molecule has 0 radical (unpaired) electrons. The molecule has 1 aliphatic heterocycles. The predicted octanol–water partition coefficient (Wildman–Crippen LogP) is 4.20. The van der Waals surface area contributed by atoms with Crippen molar-refractivity contribution in [1.29, 1.82) is 5.26 Å². The second-order valence-corrected chi connectivity index (χ2v) is 8.91. The van der Waals surface area contributed by atoms with Gasteiger partial charge in [0.25, 0.3) is 5.91 Å². The van der Waals surface area contributed by atoms with Gasteiger partial charge in [-0.15, -0.1) is 0 Å². The van der Waals surface area contributed by atoms with Crippen LogP contribution >= 0.6 is 11.6 Å². The summed E-state index contributed by atoms with van der Waals surface area (Å²) in [4.78, 5) is 64.1. The van der Waals surface area contributed by atoms with Crippen molar-refractivity contribution in [3.8, 4) is 6.07 Å². The molecule has 0 saturated heterocycles. The van der Waals surface area contributed by atoms with E-state index in [2.05, 4.69) is 10.6 Å². The van der Waals surface area contributed by atoms with Crippen LogP contribution in [0, 0.1) is 18.3 Å². The summed E-state index contributed by atoms with van der Waals surface area (Å²) in [5.41, 5.74) is 2.80. The molecule has 2 N–H and O–H groups in total. The van der Waals surface area contributed by atoms with E-state index >= 15 is 0 Å². The van der Waals surface area contributed by atoms with Gasteiger partial charge in [0.2, 0.25) is 11.8 Å². The number of hydrogen-bond donors (Lipinski definition) is 2. The number of carbonyl (C=O) groups excluding carboxylic acids is 5. The molecule has 11 heteroatoms. The first kappa shape index (κ1) is 31.0. The van der Waals surface area contributed by atoms with Gasteiger partial charge in [0.05, 0.1) is 12.6 Å². The van der Waals surface area contributed by atoms with Crippen LogP contribution < -0.4 is 10.6 Å². The Kier molecular flexibility index (Phi) is 11.6. The summed E-state index contributed by atoms with van der Waals surface area (Å²) in [6, 6.07) is 10.0. The maximum Gasteiger partial charge on any atom is 0.328 e.